The van der Waals surface area contributed by atoms with Crippen LogP contribution in [0, 0.1) is 11.3 Å². The van der Waals surface area contributed by atoms with Crippen molar-refractivity contribution < 1.29 is 4.74 Å². The van der Waals surface area contributed by atoms with Gasteiger partial charge in [-0.15, -0.1) is 0 Å². The highest BCUT2D eigenvalue weighted by Gasteiger charge is 2.30. The number of nitriles is 1. The lowest BCUT2D eigenvalue weighted by molar-refractivity contribution is 0.0644. The van der Waals surface area contributed by atoms with Gasteiger partial charge in [-0.3, -0.25) is 0 Å². The number of hydrogen-bond donors (Lipinski definition) is 0. The number of anilines is 1. The molecule has 17 heavy (non-hydrogen) atoms. The van der Waals surface area contributed by atoms with E-state index in [-0.39, 0.29) is 5.54 Å². The van der Waals surface area contributed by atoms with Gasteiger partial charge in [-0.1, -0.05) is 0 Å². The Hall–Kier alpha value is -1.05. The van der Waals surface area contributed by atoms with Crippen LogP contribution < -0.4 is 4.90 Å². The molecular formula is C13H15BrN2O. The van der Waals surface area contributed by atoms with Crippen LogP contribution in [0.25, 0.3) is 0 Å². The van der Waals surface area contributed by atoms with Crippen LogP contribution in [0.5, 0.6) is 0 Å². The standard InChI is InChI=1S/C13H15BrN2O/c1-13(2)9-17-6-5-16(13)11-4-3-10(8-15)12(14)7-11/h3-4,7H,5-6,9H2,1-2H3. The fourth-order valence-corrected chi connectivity index (χ4v) is 2.55. The molecule has 0 aromatic heterocycles. The van der Waals surface area contributed by atoms with Gasteiger partial charge in [0, 0.05) is 16.7 Å². The number of nitrogens with zero attached hydrogens (tertiary/aromatic N) is 2. The van der Waals surface area contributed by atoms with Gasteiger partial charge in [-0.2, -0.15) is 5.26 Å². The molecule has 3 nitrogen and oxygen atoms in total. The Kier molecular flexibility index (Phi) is 3.41. The normalized spacial score (nSPS) is 18.8. The van der Waals surface area contributed by atoms with Crippen LogP contribution in [-0.4, -0.2) is 25.3 Å². The first kappa shape index (κ1) is 12.4. The van der Waals surface area contributed by atoms with Crippen LogP contribution >= 0.6 is 15.9 Å². The van der Waals surface area contributed by atoms with E-state index in [1.165, 1.54) is 0 Å². The highest BCUT2D eigenvalue weighted by atomic mass is 79.9. The molecular weight excluding hydrogens is 280 g/mol. The van der Waals surface area contributed by atoms with Gasteiger partial charge in [-0.05, 0) is 48.0 Å². The first-order chi connectivity index (χ1) is 8.04. The third-order valence-electron chi connectivity index (χ3n) is 3.03. The summed E-state index contributed by atoms with van der Waals surface area (Å²) >= 11 is 3.43. The smallest absolute Gasteiger partial charge is 0.100 e. The molecule has 2 rings (SSSR count). The molecule has 1 heterocycles. The summed E-state index contributed by atoms with van der Waals surface area (Å²) in [5, 5.41) is 8.91. The third-order valence-corrected chi connectivity index (χ3v) is 3.69. The number of hydrogen-bond acceptors (Lipinski definition) is 3. The van der Waals surface area contributed by atoms with E-state index >= 15 is 0 Å². The Morgan fingerprint density at radius 1 is 1.47 bits per heavy atom. The molecule has 90 valence electrons. The molecule has 1 aromatic carbocycles. The number of benzene rings is 1. The van der Waals surface area contributed by atoms with Crippen molar-refractivity contribution in [2.24, 2.45) is 0 Å². The number of morpholine rings is 1. The summed E-state index contributed by atoms with van der Waals surface area (Å²) in [6.45, 7) is 6.69. The molecule has 1 aliphatic heterocycles. The van der Waals surface area contributed by atoms with E-state index in [2.05, 4.69) is 40.7 Å². The van der Waals surface area contributed by atoms with Gasteiger partial charge in [-0.25, -0.2) is 0 Å². The lowest BCUT2D eigenvalue weighted by Crippen LogP contribution is -2.53. The van der Waals surface area contributed by atoms with Crippen molar-refractivity contribution in [3.63, 3.8) is 0 Å². The number of rotatable bonds is 1. The van der Waals surface area contributed by atoms with Gasteiger partial charge < -0.3 is 9.64 Å². The summed E-state index contributed by atoms with van der Waals surface area (Å²) in [6, 6.07) is 8.01. The summed E-state index contributed by atoms with van der Waals surface area (Å²) in [5.41, 5.74) is 1.79. The maximum atomic E-state index is 8.91. The van der Waals surface area contributed by atoms with Crippen LogP contribution in [0.1, 0.15) is 19.4 Å². The molecule has 0 radical (unpaired) electrons. The van der Waals surface area contributed by atoms with Gasteiger partial charge in [0.25, 0.3) is 0 Å². The lowest BCUT2D eigenvalue weighted by Gasteiger charge is -2.43. The molecule has 0 amide bonds. The van der Waals surface area contributed by atoms with E-state index in [4.69, 9.17) is 10.00 Å². The van der Waals surface area contributed by atoms with Gasteiger partial charge in [0.2, 0.25) is 0 Å². The lowest BCUT2D eigenvalue weighted by atomic mass is 10.0. The molecule has 0 aliphatic carbocycles. The van der Waals surface area contributed by atoms with Crippen LogP contribution in [0.3, 0.4) is 0 Å². The molecule has 0 spiro atoms. The van der Waals surface area contributed by atoms with Crippen molar-refractivity contribution >= 4 is 21.6 Å². The SMILES string of the molecule is CC1(C)COCCN1c1ccc(C#N)c(Br)c1. The minimum atomic E-state index is -0.00809. The Morgan fingerprint density at radius 3 is 2.82 bits per heavy atom. The Labute approximate surface area is 110 Å². The second-order valence-corrected chi connectivity index (χ2v) is 5.65. The molecule has 0 N–H and O–H groups in total. The Balaban J connectivity index is 2.34. The number of ether oxygens (including phenoxy) is 1. The van der Waals surface area contributed by atoms with Gasteiger partial charge in [0.15, 0.2) is 0 Å². The molecule has 1 aliphatic rings. The van der Waals surface area contributed by atoms with Crippen LogP contribution in [0.2, 0.25) is 0 Å². The maximum absolute atomic E-state index is 8.91. The van der Waals surface area contributed by atoms with Gasteiger partial charge in [0.05, 0.1) is 24.3 Å². The largest absolute Gasteiger partial charge is 0.377 e. The molecule has 0 atom stereocenters. The van der Waals surface area contributed by atoms with E-state index in [9.17, 15) is 0 Å². The Bertz CT molecular complexity index is 465. The topological polar surface area (TPSA) is 36.3 Å². The summed E-state index contributed by atoms with van der Waals surface area (Å²) in [6.07, 6.45) is 0. The molecule has 4 heteroatoms. The van der Waals surface area contributed by atoms with E-state index < -0.39 is 0 Å². The average molecular weight is 295 g/mol. The maximum Gasteiger partial charge on any atom is 0.100 e. The summed E-state index contributed by atoms with van der Waals surface area (Å²) in [5.74, 6) is 0. The van der Waals surface area contributed by atoms with Crippen molar-refractivity contribution in [2.75, 3.05) is 24.7 Å². The zero-order chi connectivity index (χ0) is 12.5. The van der Waals surface area contributed by atoms with Crippen LogP contribution in [-0.2, 0) is 4.74 Å². The predicted octanol–water partition coefficient (Wildman–Crippen LogP) is 2.94. The van der Waals surface area contributed by atoms with E-state index in [1.54, 1.807) is 0 Å². The van der Waals surface area contributed by atoms with E-state index in [0.29, 0.717) is 5.56 Å². The highest BCUT2D eigenvalue weighted by molar-refractivity contribution is 9.10. The predicted molar refractivity (Wildman–Crippen MR) is 71.1 cm³/mol. The monoisotopic (exact) mass is 294 g/mol. The first-order valence-electron chi connectivity index (χ1n) is 5.59. The number of halogens is 1. The second-order valence-electron chi connectivity index (χ2n) is 4.79. The van der Waals surface area contributed by atoms with Crippen LogP contribution in [0.4, 0.5) is 5.69 Å². The fraction of sp³-hybridized carbons (Fsp3) is 0.462. The summed E-state index contributed by atoms with van der Waals surface area (Å²) < 4.78 is 6.35. The zero-order valence-corrected chi connectivity index (χ0v) is 11.6. The van der Waals surface area contributed by atoms with Crippen molar-refractivity contribution in [3.8, 4) is 6.07 Å². The highest BCUT2D eigenvalue weighted by Crippen LogP contribution is 2.30. The third kappa shape index (κ3) is 2.46. The van der Waals surface area contributed by atoms with Crippen molar-refractivity contribution in [1.29, 1.82) is 5.26 Å². The van der Waals surface area contributed by atoms with Crippen molar-refractivity contribution in [2.45, 2.75) is 19.4 Å². The molecule has 0 unspecified atom stereocenters. The molecule has 0 bridgehead atoms. The van der Waals surface area contributed by atoms with Gasteiger partial charge in [0.1, 0.15) is 6.07 Å². The minimum absolute atomic E-state index is 0.00809. The van der Waals surface area contributed by atoms with Crippen molar-refractivity contribution in [1.82, 2.24) is 0 Å². The molecule has 1 saturated heterocycles. The Morgan fingerprint density at radius 2 is 2.24 bits per heavy atom. The van der Waals surface area contributed by atoms with Gasteiger partial charge >= 0.3 is 0 Å². The average Bonchev–Trinajstić information content (AvgIpc) is 2.28. The first-order valence-corrected chi connectivity index (χ1v) is 6.39. The fourth-order valence-electron chi connectivity index (χ4n) is 2.10. The quantitative estimate of drug-likeness (QED) is 0.799. The van der Waals surface area contributed by atoms with Crippen LogP contribution in [0.15, 0.2) is 22.7 Å². The second kappa shape index (κ2) is 4.67. The summed E-state index contributed by atoms with van der Waals surface area (Å²) in [7, 11) is 0. The molecule has 0 saturated carbocycles. The van der Waals surface area contributed by atoms with Crippen molar-refractivity contribution in [3.05, 3.63) is 28.2 Å². The zero-order valence-electron chi connectivity index (χ0n) is 10.0. The molecule has 1 fully saturated rings. The molecule has 1 aromatic rings. The summed E-state index contributed by atoms with van der Waals surface area (Å²) in [4.78, 5) is 2.32. The van der Waals surface area contributed by atoms with E-state index in [1.807, 2.05) is 18.2 Å². The minimum Gasteiger partial charge on any atom is -0.377 e. The van der Waals surface area contributed by atoms with E-state index in [0.717, 1.165) is 29.9 Å².